The molecule has 5 aromatic carbocycles. The molecule has 0 unspecified atom stereocenters. The molecule has 0 fully saturated rings. The Morgan fingerprint density at radius 3 is 0.983 bits per heavy atom. The number of hydrogen-bond acceptors (Lipinski definition) is 5. The van der Waals surface area contributed by atoms with E-state index < -0.39 is 0 Å². The maximum atomic E-state index is 10.2. The second-order valence-electron chi connectivity index (χ2n) is 9.61. The van der Waals surface area contributed by atoms with Gasteiger partial charge in [-0.2, -0.15) is 0 Å². The Morgan fingerprint density at radius 2 is 0.763 bits per heavy atom. The zero-order valence-electron chi connectivity index (χ0n) is 34.4. The van der Waals surface area contributed by atoms with Crippen LogP contribution < -0.4 is 9.47 Å². The molecule has 0 bridgehead atoms. The van der Waals surface area contributed by atoms with E-state index in [1.807, 2.05) is 102 Å². The van der Waals surface area contributed by atoms with Gasteiger partial charge in [0.15, 0.2) is 0 Å². The number of aliphatic hydroxyl groups excluding tert-OH is 1. The molecule has 332 valence electrons. The van der Waals surface area contributed by atoms with Crippen LogP contribution in [0.3, 0.4) is 0 Å². The van der Waals surface area contributed by atoms with Gasteiger partial charge in [0.2, 0.25) is 0 Å². The Morgan fingerprint density at radius 1 is 0.492 bits per heavy atom. The maximum absolute atomic E-state index is 10.2. The first kappa shape index (κ1) is 80.3. The monoisotopic (exact) mass is 969 g/mol. The molecule has 2 radical (unpaired) electrons. The second kappa shape index (κ2) is 49.7. The number of carbonyl (C=O) groups is 1. The first-order valence-electron chi connectivity index (χ1n) is 17.7. The van der Waals surface area contributed by atoms with Crippen molar-refractivity contribution in [2.24, 2.45) is 0 Å². The Bertz CT molecular complexity index is 1440. The minimum atomic E-state index is -0.383. The van der Waals surface area contributed by atoms with Gasteiger partial charge in [0.1, 0.15) is 11.5 Å². The van der Waals surface area contributed by atoms with Gasteiger partial charge in [-0.05, 0) is 64.6 Å². The van der Waals surface area contributed by atoms with Crippen molar-refractivity contribution in [2.75, 3.05) is 27.9 Å². The topological polar surface area (TPSA) is 65.0 Å². The van der Waals surface area contributed by atoms with Gasteiger partial charge in [0, 0.05) is 78.9 Å². The number of rotatable bonds is 6. The summed E-state index contributed by atoms with van der Waals surface area (Å²) in [6, 6.07) is 46.4. The number of esters is 1. The van der Waals surface area contributed by atoms with Crippen molar-refractivity contribution >= 4 is 5.97 Å². The molecule has 0 heterocycles. The van der Waals surface area contributed by atoms with Crippen LogP contribution in [0.1, 0.15) is 129 Å². The van der Waals surface area contributed by atoms with Gasteiger partial charge in [-0.3, -0.25) is 4.79 Å². The van der Waals surface area contributed by atoms with Gasteiger partial charge < -0.3 is 26.7 Å². The third-order valence-electron chi connectivity index (χ3n) is 7.26. The molecule has 5 aromatic rings. The Hall–Kier alpha value is -2.66. The summed E-state index contributed by atoms with van der Waals surface area (Å²) >= 11 is 0. The molecule has 5 nitrogen and oxygen atoms in total. The van der Waals surface area contributed by atoms with Crippen molar-refractivity contribution in [1.82, 2.24) is 0 Å². The van der Waals surface area contributed by atoms with Crippen LogP contribution in [0.4, 0.5) is 0 Å². The Balaban J connectivity index is -0.0000000857. The first-order valence-corrected chi connectivity index (χ1v) is 17.7. The zero-order valence-corrected chi connectivity index (χ0v) is 40.0. The standard InChI is InChI=1S/C27H22O2.C6H6.C5H10O2.3C2H6.CH4O.6CH4.CH3.2Y/c1-28-21-15-11-19(12-16-21)27(20-13-17-22(29-2)18-14-20)25-9-5-3-7-23(25)24-8-4-6-10-26(24)27;1-2-4-6-5-3-1;1-3-5(6)7-4-2;4*1-2;;;;;;;;;/h3-18H,1-2H3;1-6H;3-4H2,1-2H3;3*1-2H3;2H,1H3;6*1H4;1H3;;/q;;;;;;;;;;;;;-1;;. The number of hydrogen-bond donors (Lipinski definition) is 1. The second-order valence-corrected chi connectivity index (χ2v) is 9.61. The Labute approximate surface area is 417 Å². The van der Waals surface area contributed by atoms with Crippen molar-refractivity contribution in [3.63, 3.8) is 0 Å². The fraction of sp³-hybridized carbons (Fsp3) is 0.385. The van der Waals surface area contributed by atoms with Crippen LogP contribution in [0.15, 0.2) is 133 Å². The van der Waals surface area contributed by atoms with Crippen LogP contribution in [0.25, 0.3) is 11.1 Å². The summed E-state index contributed by atoms with van der Waals surface area (Å²) in [5, 5.41) is 7.00. The molecule has 59 heavy (non-hydrogen) atoms. The van der Waals surface area contributed by atoms with E-state index in [-0.39, 0.29) is 129 Å². The maximum Gasteiger partial charge on any atom is 0.305 e. The molecule has 0 amide bonds. The summed E-state index contributed by atoms with van der Waals surface area (Å²) < 4.78 is 15.4. The van der Waals surface area contributed by atoms with E-state index in [1.165, 1.54) is 33.4 Å². The normalized spacial score (nSPS) is 8.81. The number of ether oxygens (including phenoxy) is 3. The number of aliphatic hydroxyl groups is 1. The fourth-order valence-electron chi connectivity index (χ4n) is 5.35. The Kier molecular flexibility index (Phi) is 67.7. The summed E-state index contributed by atoms with van der Waals surface area (Å²) in [7, 11) is 4.41. The number of methoxy groups -OCH3 is 2. The summed E-state index contributed by atoms with van der Waals surface area (Å²) in [5.41, 5.74) is 7.24. The molecule has 0 atom stereocenters. The molecule has 0 spiro atoms. The van der Waals surface area contributed by atoms with Crippen molar-refractivity contribution in [3.8, 4) is 22.6 Å². The zero-order chi connectivity index (χ0) is 37.8. The van der Waals surface area contributed by atoms with Crippen LogP contribution in [-0.4, -0.2) is 39.0 Å². The molecule has 1 aliphatic rings. The largest absolute Gasteiger partial charge is 0.497 e. The minimum Gasteiger partial charge on any atom is -0.497 e. The van der Waals surface area contributed by atoms with E-state index in [4.69, 9.17) is 14.6 Å². The molecule has 7 heteroatoms. The summed E-state index contributed by atoms with van der Waals surface area (Å²) in [6.07, 6.45) is 0.480. The molecule has 1 aliphatic carbocycles. The van der Waals surface area contributed by atoms with Gasteiger partial charge in [-0.1, -0.05) is 202 Å². The summed E-state index contributed by atoms with van der Waals surface area (Å²) in [4.78, 5) is 10.2. The van der Waals surface area contributed by atoms with Gasteiger partial charge in [0.05, 0.1) is 26.2 Å². The smallest absolute Gasteiger partial charge is 0.305 e. The molecule has 0 aromatic heterocycles. The molecular formula is C52H87O5Y2-. The average Bonchev–Trinajstić information content (AvgIpc) is 3.53. The molecule has 0 aliphatic heterocycles. The van der Waals surface area contributed by atoms with Crippen molar-refractivity contribution in [2.45, 2.75) is 112 Å². The quantitative estimate of drug-likeness (QED) is 0.133. The number of carbonyl (C=O) groups excluding carboxylic acids is 1. The summed E-state index contributed by atoms with van der Waals surface area (Å²) in [6.45, 7) is 16.1. The third-order valence-corrected chi connectivity index (χ3v) is 7.26. The molecule has 0 saturated heterocycles. The molecular weight excluding hydrogens is 882 g/mol. The van der Waals surface area contributed by atoms with E-state index in [1.54, 1.807) is 28.1 Å². The van der Waals surface area contributed by atoms with Gasteiger partial charge in [0.25, 0.3) is 0 Å². The van der Waals surface area contributed by atoms with Gasteiger partial charge in [-0.25, -0.2) is 0 Å². The van der Waals surface area contributed by atoms with Crippen LogP contribution in [-0.2, 0) is 80.4 Å². The molecule has 0 saturated carbocycles. The third kappa shape index (κ3) is 23.2. The van der Waals surface area contributed by atoms with Crippen molar-refractivity contribution < 1.29 is 89.5 Å². The molecule has 1 N–H and O–H groups in total. The van der Waals surface area contributed by atoms with Gasteiger partial charge in [-0.15, -0.1) is 0 Å². The van der Waals surface area contributed by atoms with Gasteiger partial charge >= 0.3 is 5.97 Å². The van der Waals surface area contributed by atoms with E-state index in [0.717, 1.165) is 18.6 Å². The SMILES string of the molecule is C.C.C.C.C.C.CC.CC.CC.CCOC(=O)CC.CO.COc1ccc(C2(c3ccc(OC)cc3)c3ccccc3-c3ccccc32)cc1.[CH3-].[Y].[Y].c1ccccc1. The van der Waals surface area contributed by atoms with Crippen LogP contribution in [0.5, 0.6) is 11.5 Å². The molecule has 6 rings (SSSR count). The number of fused-ring (bicyclic) bond motifs is 3. The first-order chi connectivity index (χ1) is 24.6. The predicted octanol–water partition coefficient (Wildman–Crippen LogP) is 15.7. The van der Waals surface area contributed by atoms with Crippen LogP contribution >= 0.6 is 0 Å². The summed E-state index contributed by atoms with van der Waals surface area (Å²) in [5.74, 6) is 1.60. The number of benzene rings is 5. The minimum absolute atomic E-state index is 0. The van der Waals surface area contributed by atoms with Crippen LogP contribution in [0.2, 0.25) is 0 Å². The van der Waals surface area contributed by atoms with E-state index >= 15 is 0 Å². The fourth-order valence-corrected chi connectivity index (χ4v) is 5.35. The van der Waals surface area contributed by atoms with Crippen molar-refractivity contribution in [3.05, 3.63) is 163 Å². The van der Waals surface area contributed by atoms with E-state index in [9.17, 15) is 4.79 Å². The van der Waals surface area contributed by atoms with E-state index in [2.05, 4.69) is 77.5 Å². The average molecular weight is 970 g/mol. The predicted molar refractivity (Wildman–Crippen MR) is 259 cm³/mol. The van der Waals surface area contributed by atoms with Crippen molar-refractivity contribution in [1.29, 1.82) is 0 Å². The van der Waals surface area contributed by atoms with E-state index in [0.29, 0.717) is 13.0 Å². The van der Waals surface area contributed by atoms with Crippen LogP contribution in [0, 0.1) is 7.43 Å².